The number of nitrogens with two attached hydrogens (primary N) is 1. The van der Waals surface area contributed by atoms with Crippen LogP contribution in [0.3, 0.4) is 0 Å². The molecule has 0 radical (unpaired) electrons. The molecule has 0 aliphatic heterocycles. The van der Waals surface area contributed by atoms with Gasteiger partial charge in [0.25, 0.3) is 0 Å². The molecule has 78 valence electrons. The first-order valence-electron chi connectivity index (χ1n) is 4.52. The van der Waals surface area contributed by atoms with E-state index in [4.69, 9.17) is 17.4 Å². The number of rotatable bonds is 3. The van der Waals surface area contributed by atoms with Crippen LogP contribution in [0, 0.1) is 0 Å². The number of imidazole rings is 1. The van der Waals surface area contributed by atoms with Crippen molar-refractivity contribution in [2.75, 3.05) is 0 Å². The number of aromatic amines is 1. The SMILES string of the molecule is NNC(c1cccc(Cl)c1)c1ncc[nH]1. The van der Waals surface area contributed by atoms with Gasteiger partial charge in [-0.2, -0.15) is 0 Å². The molecule has 4 N–H and O–H groups in total. The van der Waals surface area contributed by atoms with Gasteiger partial charge in [-0.15, -0.1) is 0 Å². The van der Waals surface area contributed by atoms with Crippen molar-refractivity contribution in [2.45, 2.75) is 6.04 Å². The number of hydrogen-bond donors (Lipinski definition) is 3. The third-order valence-electron chi connectivity index (χ3n) is 2.14. The average molecular weight is 223 g/mol. The molecule has 0 bridgehead atoms. The van der Waals surface area contributed by atoms with E-state index >= 15 is 0 Å². The zero-order chi connectivity index (χ0) is 10.7. The van der Waals surface area contributed by atoms with Gasteiger partial charge in [-0.25, -0.2) is 10.4 Å². The van der Waals surface area contributed by atoms with E-state index in [2.05, 4.69) is 15.4 Å². The number of nitrogens with one attached hydrogen (secondary N) is 2. The van der Waals surface area contributed by atoms with Gasteiger partial charge in [0.15, 0.2) is 0 Å². The molecule has 0 fully saturated rings. The molecule has 2 rings (SSSR count). The summed E-state index contributed by atoms with van der Waals surface area (Å²) < 4.78 is 0. The molecule has 0 amide bonds. The number of hydrogen-bond acceptors (Lipinski definition) is 3. The highest BCUT2D eigenvalue weighted by Crippen LogP contribution is 2.20. The second-order valence-electron chi connectivity index (χ2n) is 3.13. The van der Waals surface area contributed by atoms with E-state index in [1.807, 2.05) is 24.3 Å². The van der Waals surface area contributed by atoms with E-state index < -0.39 is 0 Å². The monoisotopic (exact) mass is 222 g/mol. The Kier molecular flexibility index (Phi) is 3.01. The van der Waals surface area contributed by atoms with Crippen LogP contribution in [0.25, 0.3) is 0 Å². The number of benzene rings is 1. The van der Waals surface area contributed by atoms with E-state index in [-0.39, 0.29) is 6.04 Å². The number of halogens is 1. The van der Waals surface area contributed by atoms with Gasteiger partial charge >= 0.3 is 0 Å². The Hall–Kier alpha value is -1.36. The molecule has 0 saturated carbocycles. The second-order valence-corrected chi connectivity index (χ2v) is 3.57. The molecular weight excluding hydrogens is 212 g/mol. The Balaban J connectivity index is 2.35. The lowest BCUT2D eigenvalue weighted by atomic mass is 10.1. The Labute approximate surface area is 92.4 Å². The number of aromatic nitrogens is 2. The fourth-order valence-electron chi connectivity index (χ4n) is 1.45. The van der Waals surface area contributed by atoms with Gasteiger partial charge in [0, 0.05) is 17.4 Å². The molecule has 5 heteroatoms. The highest BCUT2D eigenvalue weighted by atomic mass is 35.5. The first kappa shape index (κ1) is 10.2. The molecule has 1 aromatic carbocycles. The molecule has 0 aliphatic carbocycles. The number of H-pyrrole nitrogens is 1. The smallest absolute Gasteiger partial charge is 0.129 e. The molecule has 1 aromatic heterocycles. The van der Waals surface area contributed by atoms with Crippen LogP contribution < -0.4 is 11.3 Å². The minimum absolute atomic E-state index is 0.168. The maximum Gasteiger partial charge on any atom is 0.129 e. The van der Waals surface area contributed by atoms with Crippen molar-refractivity contribution in [1.82, 2.24) is 15.4 Å². The van der Waals surface area contributed by atoms with E-state index in [1.165, 1.54) is 0 Å². The second kappa shape index (κ2) is 4.44. The Morgan fingerprint density at radius 1 is 1.47 bits per heavy atom. The van der Waals surface area contributed by atoms with Crippen molar-refractivity contribution >= 4 is 11.6 Å². The summed E-state index contributed by atoms with van der Waals surface area (Å²) >= 11 is 5.91. The zero-order valence-corrected chi connectivity index (χ0v) is 8.70. The van der Waals surface area contributed by atoms with Crippen molar-refractivity contribution < 1.29 is 0 Å². The molecule has 2 aromatic rings. The molecule has 1 unspecified atom stereocenters. The summed E-state index contributed by atoms with van der Waals surface area (Å²) in [4.78, 5) is 7.16. The van der Waals surface area contributed by atoms with Crippen molar-refractivity contribution in [3.8, 4) is 0 Å². The zero-order valence-electron chi connectivity index (χ0n) is 7.94. The van der Waals surface area contributed by atoms with Crippen molar-refractivity contribution in [1.29, 1.82) is 0 Å². The molecule has 0 saturated heterocycles. The highest BCUT2D eigenvalue weighted by Gasteiger charge is 2.14. The normalized spacial score (nSPS) is 12.7. The van der Waals surface area contributed by atoms with Crippen molar-refractivity contribution in [2.24, 2.45) is 5.84 Å². The fourth-order valence-corrected chi connectivity index (χ4v) is 1.65. The lowest BCUT2D eigenvalue weighted by Gasteiger charge is -2.13. The van der Waals surface area contributed by atoms with Crippen LogP contribution in [0.1, 0.15) is 17.4 Å². The first-order valence-corrected chi connectivity index (χ1v) is 4.90. The van der Waals surface area contributed by atoms with E-state index in [1.54, 1.807) is 12.4 Å². The maximum absolute atomic E-state index is 5.91. The van der Waals surface area contributed by atoms with Gasteiger partial charge in [0.05, 0.1) is 0 Å². The molecule has 15 heavy (non-hydrogen) atoms. The van der Waals surface area contributed by atoms with Gasteiger partial charge in [-0.05, 0) is 17.7 Å². The third-order valence-corrected chi connectivity index (χ3v) is 2.38. The summed E-state index contributed by atoms with van der Waals surface area (Å²) in [6.45, 7) is 0. The number of nitrogens with zero attached hydrogens (tertiary/aromatic N) is 1. The number of hydrazine groups is 1. The van der Waals surface area contributed by atoms with Crippen LogP contribution in [0.2, 0.25) is 5.02 Å². The van der Waals surface area contributed by atoms with E-state index in [9.17, 15) is 0 Å². The van der Waals surface area contributed by atoms with Gasteiger partial charge in [0.1, 0.15) is 11.9 Å². The summed E-state index contributed by atoms with van der Waals surface area (Å²) in [7, 11) is 0. The summed E-state index contributed by atoms with van der Waals surface area (Å²) in [6, 6.07) is 7.33. The molecule has 4 nitrogen and oxygen atoms in total. The molecule has 0 aliphatic rings. The standard InChI is InChI=1S/C10H11ClN4/c11-8-3-1-2-7(6-8)9(15-12)10-13-4-5-14-10/h1-6,9,15H,12H2,(H,13,14). The summed E-state index contributed by atoms with van der Waals surface area (Å²) in [6.07, 6.45) is 3.44. The molecule has 1 heterocycles. The van der Waals surface area contributed by atoms with Gasteiger partial charge in [-0.1, -0.05) is 23.7 Å². The van der Waals surface area contributed by atoms with Crippen molar-refractivity contribution in [3.05, 3.63) is 53.1 Å². The minimum atomic E-state index is -0.168. The molecular formula is C10H11ClN4. The van der Waals surface area contributed by atoms with Crippen LogP contribution in [-0.2, 0) is 0 Å². The van der Waals surface area contributed by atoms with Crippen LogP contribution in [0.15, 0.2) is 36.7 Å². The van der Waals surface area contributed by atoms with Crippen LogP contribution in [0.5, 0.6) is 0 Å². The van der Waals surface area contributed by atoms with E-state index in [0.717, 1.165) is 11.4 Å². The summed E-state index contributed by atoms with van der Waals surface area (Å²) in [5.74, 6) is 6.26. The molecule has 1 atom stereocenters. The Bertz CT molecular complexity index is 427. The lowest BCUT2D eigenvalue weighted by Crippen LogP contribution is -2.29. The van der Waals surface area contributed by atoms with Gasteiger partial charge in [0.2, 0.25) is 0 Å². The van der Waals surface area contributed by atoms with Gasteiger partial charge in [-0.3, -0.25) is 5.84 Å². The van der Waals surface area contributed by atoms with Crippen LogP contribution in [-0.4, -0.2) is 9.97 Å². The highest BCUT2D eigenvalue weighted by molar-refractivity contribution is 6.30. The van der Waals surface area contributed by atoms with Crippen molar-refractivity contribution in [3.63, 3.8) is 0 Å². The van der Waals surface area contributed by atoms with Crippen LogP contribution >= 0.6 is 11.6 Å². The molecule has 0 spiro atoms. The minimum Gasteiger partial charge on any atom is -0.347 e. The third kappa shape index (κ3) is 2.18. The Morgan fingerprint density at radius 3 is 2.93 bits per heavy atom. The lowest BCUT2D eigenvalue weighted by molar-refractivity contribution is 0.608. The summed E-state index contributed by atoms with van der Waals surface area (Å²) in [5.41, 5.74) is 3.67. The average Bonchev–Trinajstić information content (AvgIpc) is 2.72. The maximum atomic E-state index is 5.91. The van der Waals surface area contributed by atoms with Crippen LogP contribution in [0.4, 0.5) is 0 Å². The predicted octanol–water partition coefficient (Wildman–Crippen LogP) is 1.62. The predicted molar refractivity (Wildman–Crippen MR) is 59.2 cm³/mol. The largest absolute Gasteiger partial charge is 0.347 e. The Morgan fingerprint density at radius 2 is 2.33 bits per heavy atom. The fraction of sp³-hybridized carbons (Fsp3) is 0.100. The van der Waals surface area contributed by atoms with Gasteiger partial charge < -0.3 is 4.98 Å². The quantitative estimate of drug-likeness (QED) is 0.546. The summed E-state index contributed by atoms with van der Waals surface area (Å²) in [5, 5.41) is 0.680. The van der Waals surface area contributed by atoms with E-state index in [0.29, 0.717) is 5.02 Å². The first-order chi connectivity index (χ1) is 7.31. The topological polar surface area (TPSA) is 66.7 Å².